The normalized spacial score (nSPS) is 11.2. The third kappa shape index (κ3) is 2.76. The smallest absolute Gasteiger partial charge is 0.163 e. The predicted octanol–water partition coefficient (Wildman–Crippen LogP) is 1.65. The minimum absolute atomic E-state index is 0.398. The highest BCUT2D eigenvalue weighted by Crippen LogP contribution is 2.16. The summed E-state index contributed by atoms with van der Waals surface area (Å²) in [6.45, 7) is 3.30. The van der Waals surface area contributed by atoms with Crippen molar-refractivity contribution in [3.05, 3.63) is 12.0 Å². The van der Waals surface area contributed by atoms with Crippen LogP contribution in [0.1, 0.15) is 32.0 Å². The van der Waals surface area contributed by atoms with E-state index in [9.17, 15) is 0 Å². The second-order valence-corrected chi connectivity index (χ2v) is 4.29. The monoisotopic (exact) mass is 249 g/mol. The third-order valence-corrected chi connectivity index (χ3v) is 2.79. The minimum Gasteiger partial charge on any atom is -0.383 e. The van der Waals surface area contributed by atoms with Gasteiger partial charge in [0.25, 0.3) is 0 Å². The van der Waals surface area contributed by atoms with E-state index in [2.05, 4.69) is 22.0 Å². The maximum Gasteiger partial charge on any atom is 0.163 e. The quantitative estimate of drug-likeness (QED) is 0.787. The molecule has 98 valence electrons. The largest absolute Gasteiger partial charge is 0.383 e. The lowest BCUT2D eigenvalue weighted by Gasteiger charge is -2.04. The van der Waals surface area contributed by atoms with E-state index in [1.807, 2.05) is 7.05 Å². The van der Waals surface area contributed by atoms with Gasteiger partial charge in [-0.05, 0) is 6.42 Å². The van der Waals surface area contributed by atoms with Crippen LogP contribution >= 0.6 is 0 Å². The van der Waals surface area contributed by atoms with Crippen molar-refractivity contribution in [2.75, 3.05) is 12.3 Å². The number of hydrogen-bond acceptors (Lipinski definition) is 5. The molecule has 18 heavy (non-hydrogen) atoms. The molecule has 2 rings (SSSR count). The molecule has 0 saturated carbocycles. The van der Waals surface area contributed by atoms with Crippen LogP contribution in [0.25, 0.3) is 11.0 Å². The first-order valence-corrected chi connectivity index (χ1v) is 6.24. The van der Waals surface area contributed by atoms with Crippen LogP contribution in [0.4, 0.5) is 5.82 Å². The standard InChI is InChI=1S/C12H19N5O/c1-3-4-5-6-18-8-10-15-11(13)9-7-14-17(2)12(9)16-10/h7H,3-6,8H2,1-2H3,(H2,13,15,16). The highest BCUT2D eigenvalue weighted by Gasteiger charge is 2.08. The molecule has 0 spiro atoms. The molecule has 0 amide bonds. The number of hydrogen-bond donors (Lipinski definition) is 1. The Labute approximate surface area is 106 Å². The van der Waals surface area contributed by atoms with Crippen LogP contribution in [0, 0.1) is 0 Å². The average Bonchev–Trinajstić information content (AvgIpc) is 2.72. The number of nitrogens with two attached hydrogens (primary N) is 1. The summed E-state index contributed by atoms with van der Waals surface area (Å²) in [6.07, 6.45) is 5.12. The second-order valence-electron chi connectivity index (χ2n) is 4.29. The Bertz CT molecular complexity index is 522. The van der Waals surface area contributed by atoms with E-state index in [0.717, 1.165) is 24.1 Å². The molecule has 0 fully saturated rings. The summed E-state index contributed by atoms with van der Waals surface area (Å²) in [5.74, 6) is 1.07. The van der Waals surface area contributed by atoms with E-state index in [1.54, 1.807) is 10.9 Å². The Morgan fingerprint density at radius 2 is 2.17 bits per heavy atom. The number of anilines is 1. The lowest BCUT2D eigenvalue weighted by atomic mass is 10.3. The number of nitrogens with zero attached hydrogens (tertiary/aromatic N) is 4. The van der Waals surface area contributed by atoms with Crippen LogP contribution in [0.2, 0.25) is 0 Å². The molecule has 2 aromatic rings. The number of fused-ring (bicyclic) bond motifs is 1. The molecule has 0 atom stereocenters. The summed E-state index contributed by atoms with van der Waals surface area (Å²) >= 11 is 0. The molecule has 0 unspecified atom stereocenters. The molecule has 0 aliphatic heterocycles. The van der Waals surface area contributed by atoms with Gasteiger partial charge in [0.2, 0.25) is 0 Å². The molecule has 2 heterocycles. The van der Waals surface area contributed by atoms with E-state index >= 15 is 0 Å². The fraction of sp³-hybridized carbons (Fsp3) is 0.583. The van der Waals surface area contributed by atoms with Crippen molar-refractivity contribution in [1.82, 2.24) is 19.7 Å². The zero-order valence-electron chi connectivity index (χ0n) is 10.9. The van der Waals surface area contributed by atoms with Crippen LogP contribution in [0.15, 0.2) is 6.20 Å². The summed E-state index contributed by atoms with van der Waals surface area (Å²) in [7, 11) is 1.83. The third-order valence-electron chi connectivity index (χ3n) is 2.79. The summed E-state index contributed by atoms with van der Waals surface area (Å²) < 4.78 is 7.22. The van der Waals surface area contributed by atoms with Gasteiger partial charge < -0.3 is 10.5 Å². The van der Waals surface area contributed by atoms with Crippen LogP contribution in [-0.2, 0) is 18.4 Å². The van der Waals surface area contributed by atoms with Crippen molar-refractivity contribution >= 4 is 16.9 Å². The number of unbranched alkanes of at least 4 members (excludes halogenated alkanes) is 2. The van der Waals surface area contributed by atoms with Gasteiger partial charge in [0.15, 0.2) is 11.5 Å². The van der Waals surface area contributed by atoms with Crippen molar-refractivity contribution < 1.29 is 4.74 Å². The number of aromatic nitrogens is 4. The number of ether oxygens (including phenoxy) is 1. The molecule has 0 radical (unpaired) electrons. The summed E-state index contributed by atoms with van der Waals surface area (Å²) in [5, 5.41) is 4.90. The van der Waals surface area contributed by atoms with E-state index in [1.165, 1.54) is 12.8 Å². The van der Waals surface area contributed by atoms with Gasteiger partial charge in [-0.2, -0.15) is 5.10 Å². The summed E-state index contributed by atoms with van der Waals surface area (Å²) in [6, 6.07) is 0. The van der Waals surface area contributed by atoms with Gasteiger partial charge in [0, 0.05) is 13.7 Å². The summed E-state index contributed by atoms with van der Waals surface area (Å²) in [4.78, 5) is 8.62. The highest BCUT2D eigenvalue weighted by atomic mass is 16.5. The van der Waals surface area contributed by atoms with Gasteiger partial charge >= 0.3 is 0 Å². The average molecular weight is 249 g/mol. The lowest BCUT2D eigenvalue weighted by molar-refractivity contribution is 0.112. The van der Waals surface area contributed by atoms with E-state index in [0.29, 0.717) is 18.2 Å². The first-order chi connectivity index (χ1) is 8.72. The zero-order chi connectivity index (χ0) is 13.0. The van der Waals surface area contributed by atoms with Gasteiger partial charge in [-0.1, -0.05) is 19.8 Å². The van der Waals surface area contributed by atoms with Gasteiger partial charge in [0.1, 0.15) is 12.4 Å². The molecule has 6 nitrogen and oxygen atoms in total. The molecule has 2 aromatic heterocycles. The van der Waals surface area contributed by atoms with Crippen LogP contribution in [0.5, 0.6) is 0 Å². The van der Waals surface area contributed by atoms with Crippen LogP contribution < -0.4 is 5.73 Å². The SMILES string of the molecule is CCCCCOCc1nc(N)c2cnn(C)c2n1. The molecule has 0 aromatic carbocycles. The van der Waals surface area contributed by atoms with Crippen molar-refractivity contribution in [2.24, 2.45) is 7.05 Å². The van der Waals surface area contributed by atoms with E-state index in [4.69, 9.17) is 10.5 Å². The maximum absolute atomic E-state index is 5.86. The van der Waals surface area contributed by atoms with Gasteiger partial charge in [-0.3, -0.25) is 4.68 Å². The molecular weight excluding hydrogens is 230 g/mol. The van der Waals surface area contributed by atoms with Crippen LogP contribution in [0.3, 0.4) is 0 Å². The number of nitrogen functional groups attached to an aromatic ring is 1. The number of rotatable bonds is 6. The molecule has 2 N–H and O–H groups in total. The van der Waals surface area contributed by atoms with E-state index in [-0.39, 0.29) is 0 Å². The second kappa shape index (κ2) is 5.77. The highest BCUT2D eigenvalue weighted by molar-refractivity contribution is 5.84. The first kappa shape index (κ1) is 12.8. The fourth-order valence-electron chi connectivity index (χ4n) is 1.77. The first-order valence-electron chi connectivity index (χ1n) is 6.24. The Kier molecular flexibility index (Phi) is 4.09. The summed E-state index contributed by atoms with van der Waals surface area (Å²) in [5.41, 5.74) is 6.61. The Hall–Kier alpha value is -1.69. The zero-order valence-corrected chi connectivity index (χ0v) is 10.9. The molecule has 0 bridgehead atoms. The maximum atomic E-state index is 5.86. The molecule has 0 aliphatic carbocycles. The molecule has 6 heteroatoms. The van der Waals surface area contributed by atoms with Gasteiger partial charge in [-0.25, -0.2) is 9.97 Å². The van der Waals surface area contributed by atoms with Crippen molar-refractivity contribution in [3.8, 4) is 0 Å². The minimum atomic E-state index is 0.398. The Morgan fingerprint density at radius 3 is 2.94 bits per heavy atom. The topological polar surface area (TPSA) is 78.9 Å². The van der Waals surface area contributed by atoms with Crippen molar-refractivity contribution in [3.63, 3.8) is 0 Å². The van der Waals surface area contributed by atoms with Crippen molar-refractivity contribution in [2.45, 2.75) is 32.8 Å². The van der Waals surface area contributed by atoms with Gasteiger partial charge in [-0.15, -0.1) is 0 Å². The molecular formula is C12H19N5O. The number of aryl methyl sites for hydroxylation is 1. The van der Waals surface area contributed by atoms with E-state index < -0.39 is 0 Å². The van der Waals surface area contributed by atoms with Gasteiger partial charge in [0.05, 0.1) is 11.6 Å². The van der Waals surface area contributed by atoms with Crippen LogP contribution in [-0.4, -0.2) is 26.4 Å². The Balaban J connectivity index is 2.02. The molecule has 0 aliphatic rings. The Morgan fingerprint density at radius 1 is 1.33 bits per heavy atom. The fourth-order valence-corrected chi connectivity index (χ4v) is 1.77. The molecule has 0 saturated heterocycles. The predicted molar refractivity (Wildman–Crippen MR) is 69.9 cm³/mol. The van der Waals surface area contributed by atoms with Crippen molar-refractivity contribution in [1.29, 1.82) is 0 Å². The lowest BCUT2D eigenvalue weighted by Crippen LogP contribution is -2.05.